The summed E-state index contributed by atoms with van der Waals surface area (Å²) in [6.45, 7) is 8.16. The van der Waals surface area contributed by atoms with E-state index in [9.17, 15) is 9.59 Å². The zero-order valence-corrected chi connectivity index (χ0v) is 14.4. The lowest BCUT2D eigenvalue weighted by molar-refractivity contribution is -0.130. The van der Waals surface area contributed by atoms with Crippen molar-refractivity contribution in [1.82, 2.24) is 15.1 Å². The van der Waals surface area contributed by atoms with Crippen molar-refractivity contribution in [3.63, 3.8) is 0 Å². The van der Waals surface area contributed by atoms with Crippen molar-refractivity contribution in [2.24, 2.45) is 0 Å². The molecule has 6 nitrogen and oxygen atoms in total. The molecule has 0 unspecified atom stereocenters. The van der Waals surface area contributed by atoms with Crippen LogP contribution in [0, 0.1) is 0 Å². The normalized spacial score (nSPS) is 22.6. The van der Waals surface area contributed by atoms with Crippen molar-refractivity contribution in [2.75, 3.05) is 11.9 Å². The average Bonchev–Trinajstić information content (AvgIpc) is 3.03. The van der Waals surface area contributed by atoms with E-state index in [4.69, 9.17) is 4.42 Å². The number of ketones is 1. The van der Waals surface area contributed by atoms with Gasteiger partial charge in [0.05, 0.1) is 5.33 Å². The summed E-state index contributed by atoms with van der Waals surface area (Å²) in [4.78, 5) is 26.3. The van der Waals surface area contributed by atoms with E-state index in [1.54, 1.807) is 11.8 Å². The number of hydrogen-bond donors (Lipinski definition) is 0. The first-order valence-corrected chi connectivity index (χ1v) is 8.07. The van der Waals surface area contributed by atoms with Crippen LogP contribution in [0.1, 0.15) is 57.1 Å². The summed E-state index contributed by atoms with van der Waals surface area (Å²) in [6.07, 6.45) is 1.40. The van der Waals surface area contributed by atoms with Gasteiger partial charge in [-0.1, -0.05) is 36.7 Å². The molecule has 0 saturated carbocycles. The van der Waals surface area contributed by atoms with Gasteiger partial charge < -0.3 is 9.32 Å². The van der Waals surface area contributed by atoms with E-state index >= 15 is 0 Å². The minimum absolute atomic E-state index is 0.0169. The third-order valence-electron chi connectivity index (χ3n) is 3.81. The second kappa shape index (κ2) is 5.51. The minimum Gasteiger partial charge on any atom is -0.418 e. The van der Waals surface area contributed by atoms with Gasteiger partial charge >= 0.3 is 0 Å². The number of halogens is 1. The highest BCUT2D eigenvalue weighted by atomic mass is 79.9. The molecule has 1 aliphatic rings. The van der Waals surface area contributed by atoms with E-state index in [0.717, 1.165) is 6.42 Å². The summed E-state index contributed by atoms with van der Waals surface area (Å²) >= 11 is 3.16. The molecule has 1 saturated heterocycles. The number of Topliss-reactive ketones (excluding diaryl/α,β-unsaturated/α-hetero) is 1. The molecule has 0 spiro atoms. The summed E-state index contributed by atoms with van der Waals surface area (Å²) < 4.78 is 5.53. The maximum absolute atomic E-state index is 12.7. The fourth-order valence-corrected chi connectivity index (χ4v) is 2.82. The minimum atomic E-state index is -0.896. The molecular formula is C14H20BrN3O3. The molecule has 1 amide bonds. The van der Waals surface area contributed by atoms with Gasteiger partial charge in [0.15, 0.2) is 0 Å². The maximum Gasteiger partial charge on any atom is 0.286 e. The molecule has 0 bridgehead atoms. The number of carbonyl (C=O) groups is 2. The smallest absolute Gasteiger partial charge is 0.286 e. The molecule has 1 aromatic heterocycles. The monoisotopic (exact) mass is 357 g/mol. The summed E-state index contributed by atoms with van der Waals surface area (Å²) in [6, 6.07) is 0. The zero-order chi connectivity index (χ0) is 15.8. The highest BCUT2D eigenvalue weighted by Crippen LogP contribution is 2.33. The molecule has 0 N–H and O–H groups in total. The number of aromatic nitrogens is 2. The quantitative estimate of drug-likeness (QED) is 0.612. The zero-order valence-electron chi connectivity index (χ0n) is 12.8. The predicted octanol–water partition coefficient (Wildman–Crippen LogP) is 2.33. The average molecular weight is 358 g/mol. The predicted molar refractivity (Wildman–Crippen MR) is 80.5 cm³/mol. The highest BCUT2D eigenvalue weighted by molar-refractivity contribution is 9.09. The standard InChI is InChI=1S/C14H20BrN3O3/c1-13(2,3)12-17-16-11(21-12)10(20)14(4)6-5-7-18(14)9(19)8-15/h5-8H2,1-4H3/t14-/m0/s1. The van der Waals surface area contributed by atoms with Crippen LogP contribution in [0.4, 0.5) is 0 Å². The van der Waals surface area contributed by atoms with E-state index in [1.165, 1.54) is 0 Å². The van der Waals surface area contributed by atoms with Crippen molar-refractivity contribution in [3.8, 4) is 0 Å². The second-order valence-electron chi connectivity index (χ2n) is 6.55. The van der Waals surface area contributed by atoms with Gasteiger partial charge in [-0.3, -0.25) is 9.59 Å². The number of rotatable bonds is 3. The van der Waals surface area contributed by atoms with Crippen molar-refractivity contribution >= 4 is 27.6 Å². The Labute approximate surface area is 132 Å². The largest absolute Gasteiger partial charge is 0.418 e. The van der Waals surface area contributed by atoms with Gasteiger partial charge in [0.2, 0.25) is 17.6 Å². The Morgan fingerprint density at radius 1 is 1.38 bits per heavy atom. The van der Waals surface area contributed by atoms with E-state index in [0.29, 0.717) is 18.9 Å². The van der Waals surface area contributed by atoms with Crippen LogP contribution in [0.3, 0.4) is 0 Å². The Hall–Kier alpha value is -1.24. The second-order valence-corrected chi connectivity index (χ2v) is 7.11. The van der Waals surface area contributed by atoms with Gasteiger partial charge in [0, 0.05) is 12.0 Å². The lowest BCUT2D eigenvalue weighted by atomic mass is 9.93. The first kappa shape index (κ1) is 16.1. The van der Waals surface area contributed by atoms with Crippen LogP contribution in [0.15, 0.2) is 4.42 Å². The molecule has 1 aromatic rings. The fourth-order valence-electron chi connectivity index (χ4n) is 2.52. The van der Waals surface area contributed by atoms with Gasteiger partial charge in [0.25, 0.3) is 5.89 Å². The molecule has 0 aromatic carbocycles. The number of carbonyl (C=O) groups excluding carboxylic acids is 2. The highest BCUT2D eigenvalue weighted by Gasteiger charge is 2.47. The Morgan fingerprint density at radius 2 is 2.05 bits per heavy atom. The Bertz CT molecular complexity index is 564. The van der Waals surface area contributed by atoms with Crippen molar-refractivity contribution in [1.29, 1.82) is 0 Å². The van der Waals surface area contributed by atoms with E-state index < -0.39 is 5.54 Å². The van der Waals surface area contributed by atoms with Crippen LogP contribution in [0.5, 0.6) is 0 Å². The van der Waals surface area contributed by atoms with Crippen LogP contribution >= 0.6 is 15.9 Å². The van der Waals surface area contributed by atoms with Crippen LogP contribution < -0.4 is 0 Å². The molecule has 1 aliphatic heterocycles. The third kappa shape index (κ3) is 2.88. The van der Waals surface area contributed by atoms with Crippen molar-refractivity contribution in [3.05, 3.63) is 11.8 Å². The van der Waals surface area contributed by atoms with Gasteiger partial charge in [0.1, 0.15) is 5.54 Å². The first-order valence-electron chi connectivity index (χ1n) is 6.95. The van der Waals surface area contributed by atoms with E-state index in [2.05, 4.69) is 26.1 Å². The summed E-state index contributed by atoms with van der Waals surface area (Å²) in [5.74, 6) is 0.0266. The van der Waals surface area contributed by atoms with Gasteiger partial charge in [-0.25, -0.2) is 0 Å². The van der Waals surface area contributed by atoms with Crippen molar-refractivity contribution < 1.29 is 14.0 Å². The molecule has 1 atom stereocenters. The van der Waals surface area contributed by atoms with Gasteiger partial charge in [-0.05, 0) is 19.8 Å². The van der Waals surface area contributed by atoms with Crippen LogP contribution in [-0.4, -0.2) is 44.2 Å². The van der Waals surface area contributed by atoms with Crippen LogP contribution in [0.2, 0.25) is 0 Å². The van der Waals surface area contributed by atoms with E-state index in [1.807, 2.05) is 20.8 Å². The molecule has 116 valence electrons. The van der Waals surface area contributed by atoms with Gasteiger partial charge in [-0.2, -0.15) is 0 Å². The number of hydrogen-bond acceptors (Lipinski definition) is 5. The maximum atomic E-state index is 12.7. The SMILES string of the molecule is CC(C)(C)c1nnc(C(=O)[C@]2(C)CCCN2C(=O)CBr)o1. The number of alkyl halides is 1. The Kier molecular flexibility index (Phi) is 4.24. The lowest BCUT2D eigenvalue weighted by Crippen LogP contribution is -2.51. The van der Waals surface area contributed by atoms with Gasteiger partial charge in [-0.15, -0.1) is 10.2 Å². The number of amides is 1. The summed E-state index contributed by atoms with van der Waals surface area (Å²) in [5.41, 5.74) is -1.21. The number of likely N-dealkylation sites (tertiary alicyclic amines) is 1. The Balaban J connectivity index is 2.30. The molecule has 2 heterocycles. The van der Waals surface area contributed by atoms with E-state index in [-0.39, 0.29) is 28.3 Å². The van der Waals surface area contributed by atoms with Crippen LogP contribution in [-0.2, 0) is 10.2 Å². The molecule has 21 heavy (non-hydrogen) atoms. The molecule has 0 radical (unpaired) electrons. The topological polar surface area (TPSA) is 76.3 Å². The number of nitrogens with zero attached hydrogens (tertiary/aromatic N) is 3. The molecule has 2 rings (SSSR count). The first-order chi connectivity index (χ1) is 9.70. The van der Waals surface area contributed by atoms with Crippen molar-refractivity contribution in [2.45, 2.75) is 51.5 Å². The lowest BCUT2D eigenvalue weighted by Gasteiger charge is -2.32. The molecular weight excluding hydrogens is 338 g/mol. The molecule has 7 heteroatoms. The van der Waals surface area contributed by atoms with Crippen LogP contribution in [0.25, 0.3) is 0 Å². The summed E-state index contributed by atoms with van der Waals surface area (Å²) in [5, 5.41) is 8.03. The molecule has 0 aliphatic carbocycles. The Morgan fingerprint density at radius 3 is 2.57 bits per heavy atom. The third-order valence-corrected chi connectivity index (χ3v) is 4.29. The fraction of sp³-hybridized carbons (Fsp3) is 0.714. The summed E-state index contributed by atoms with van der Waals surface area (Å²) in [7, 11) is 0. The molecule has 1 fully saturated rings.